The van der Waals surface area contributed by atoms with Crippen molar-refractivity contribution >= 4 is 45.0 Å². The monoisotopic (exact) mass is 656 g/mol. The van der Waals surface area contributed by atoms with E-state index < -0.39 is 23.6 Å². The Hall–Kier alpha value is -3.83. The number of hydrogen-bond acceptors (Lipinski definition) is 6. The van der Waals surface area contributed by atoms with Gasteiger partial charge in [-0.25, -0.2) is 13.6 Å². The van der Waals surface area contributed by atoms with Crippen LogP contribution in [0.2, 0.25) is 5.02 Å². The van der Waals surface area contributed by atoms with E-state index in [0.29, 0.717) is 49.2 Å². The van der Waals surface area contributed by atoms with Crippen LogP contribution in [-0.2, 0) is 6.54 Å². The van der Waals surface area contributed by atoms with Crippen molar-refractivity contribution in [2.24, 2.45) is 5.41 Å². The fourth-order valence-corrected chi connectivity index (χ4v) is 7.48. The van der Waals surface area contributed by atoms with Crippen LogP contribution in [-0.4, -0.2) is 62.6 Å². The smallest absolute Gasteiger partial charge is 0.407 e. The van der Waals surface area contributed by atoms with Crippen molar-refractivity contribution in [2.45, 2.75) is 65.1 Å². The van der Waals surface area contributed by atoms with Crippen LogP contribution in [0.1, 0.15) is 61.7 Å². The molecule has 0 spiro atoms. The molecule has 12 heteroatoms. The number of halogens is 3. The molecule has 0 aliphatic heterocycles. The summed E-state index contributed by atoms with van der Waals surface area (Å²) in [6.07, 6.45) is 6.01. The Bertz CT molecular complexity index is 1700. The van der Waals surface area contributed by atoms with Crippen molar-refractivity contribution in [3.63, 3.8) is 0 Å². The molecule has 5 rings (SSSR count). The quantitative estimate of drug-likeness (QED) is 0.205. The Morgan fingerprint density at radius 1 is 1.04 bits per heavy atom. The van der Waals surface area contributed by atoms with E-state index >= 15 is 0 Å². The number of benzene rings is 2. The van der Waals surface area contributed by atoms with Gasteiger partial charge in [-0.3, -0.25) is 14.8 Å². The highest BCUT2D eigenvalue weighted by molar-refractivity contribution is 7.21. The van der Waals surface area contributed by atoms with E-state index in [1.54, 1.807) is 36.7 Å². The van der Waals surface area contributed by atoms with Crippen LogP contribution in [0.3, 0.4) is 0 Å². The predicted octanol–water partition coefficient (Wildman–Crippen LogP) is 8.28. The molecule has 238 valence electrons. The summed E-state index contributed by atoms with van der Waals surface area (Å²) in [7, 11) is 1.54. The summed E-state index contributed by atoms with van der Waals surface area (Å²) in [5.74, 6) is -1.27. The van der Waals surface area contributed by atoms with E-state index in [1.165, 1.54) is 4.90 Å². The summed E-state index contributed by atoms with van der Waals surface area (Å²) in [6, 6.07) is 7.07. The maximum atomic E-state index is 14.8. The van der Waals surface area contributed by atoms with Gasteiger partial charge in [-0.15, -0.1) is 11.3 Å². The molecule has 0 unspecified atom stereocenters. The number of hydrogen-bond donors (Lipinski definition) is 1. The number of rotatable bonds is 8. The Labute approximate surface area is 269 Å². The Morgan fingerprint density at radius 3 is 2.29 bits per heavy atom. The molecular formula is C33H35ClF2N4O4S. The first-order chi connectivity index (χ1) is 21.4. The van der Waals surface area contributed by atoms with Gasteiger partial charge in [0.2, 0.25) is 0 Å². The minimum atomic E-state index is -0.965. The lowest BCUT2D eigenvalue weighted by Crippen LogP contribution is -2.49. The van der Waals surface area contributed by atoms with Crippen LogP contribution in [0.15, 0.2) is 48.9 Å². The molecule has 4 aromatic rings. The zero-order chi connectivity index (χ0) is 32.5. The molecule has 0 saturated heterocycles. The van der Waals surface area contributed by atoms with Gasteiger partial charge in [-0.2, -0.15) is 0 Å². The lowest BCUT2D eigenvalue weighted by atomic mass is 9.87. The first kappa shape index (κ1) is 32.6. The number of carbonyl (C=O) groups excluding carboxylic acids is 1. The van der Waals surface area contributed by atoms with Gasteiger partial charge in [0.05, 0.1) is 34.1 Å². The number of carboxylic acid groups (broad SMARTS) is 1. The standard InChI is InChI=1S/C33H35ClF2N4O4S/c1-33(2,3)18-40(32(42)43)22-8-6-21(7-9-22)39(31(41)30-28(34)27-23(35)10-11-24(36)29(27)45-30)17-20-15-19(5-12-26(20)44-4)25-16-37-13-14-38-25/h5,10-16,21-22H,6-9,17-18H2,1-4H3,(H,42,43). The molecule has 45 heavy (non-hydrogen) atoms. The third-order valence-electron chi connectivity index (χ3n) is 8.06. The number of fused-ring (bicyclic) bond motifs is 1. The molecule has 0 radical (unpaired) electrons. The minimum absolute atomic E-state index is 0.0199. The molecule has 1 N–H and O–H groups in total. The average Bonchev–Trinajstić information content (AvgIpc) is 3.38. The topological polar surface area (TPSA) is 95.9 Å². The zero-order valence-electron chi connectivity index (χ0n) is 25.5. The van der Waals surface area contributed by atoms with Gasteiger partial charge in [-0.1, -0.05) is 32.4 Å². The maximum Gasteiger partial charge on any atom is 0.407 e. The van der Waals surface area contributed by atoms with Crippen molar-refractivity contribution in [2.75, 3.05) is 13.7 Å². The van der Waals surface area contributed by atoms with Crippen molar-refractivity contribution in [3.05, 3.63) is 76.0 Å². The van der Waals surface area contributed by atoms with E-state index in [1.807, 2.05) is 32.9 Å². The molecule has 8 nitrogen and oxygen atoms in total. The highest BCUT2D eigenvalue weighted by atomic mass is 35.5. The fourth-order valence-electron chi connectivity index (χ4n) is 5.97. The van der Waals surface area contributed by atoms with Crippen molar-refractivity contribution < 1.29 is 28.2 Å². The van der Waals surface area contributed by atoms with Gasteiger partial charge in [0.1, 0.15) is 22.3 Å². The lowest BCUT2D eigenvalue weighted by molar-refractivity contribution is 0.0492. The molecule has 0 atom stereocenters. The molecule has 2 amide bonds. The highest BCUT2D eigenvalue weighted by Crippen LogP contribution is 2.41. The number of aromatic nitrogens is 2. The first-order valence-electron chi connectivity index (χ1n) is 14.7. The second-order valence-electron chi connectivity index (χ2n) is 12.5. The molecule has 2 heterocycles. The van der Waals surface area contributed by atoms with Crippen LogP contribution in [0.25, 0.3) is 21.3 Å². The van der Waals surface area contributed by atoms with Crippen molar-refractivity contribution in [1.82, 2.24) is 19.8 Å². The van der Waals surface area contributed by atoms with Gasteiger partial charge in [0, 0.05) is 48.7 Å². The minimum Gasteiger partial charge on any atom is -0.496 e. The molecular weight excluding hydrogens is 622 g/mol. The normalized spacial score (nSPS) is 16.9. The van der Waals surface area contributed by atoms with Crippen LogP contribution in [0.5, 0.6) is 5.75 Å². The summed E-state index contributed by atoms with van der Waals surface area (Å²) in [4.78, 5) is 38.3. The molecule has 2 aromatic heterocycles. The summed E-state index contributed by atoms with van der Waals surface area (Å²) in [5.41, 5.74) is 1.90. The number of amides is 2. The number of carbonyl (C=O) groups is 2. The van der Waals surface area contributed by atoms with E-state index in [2.05, 4.69) is 9.97 Å². The summed E-state index contributed by atoms with van der Waals surface area (Å²) in [5, 5.41) is 9.74. The number of ether oxygens (including phenoxy) is 1. The van der Waals surface area contributed by atoms with E-state index in [4.69, 9.17) is 16.3 Å². The average molecular weight is 657 g/mol. The third-order valence-corrected chi connectivity index (χ3v) is 9.73. The SMILES string of the molecule is COc1ccc(-c2cnccn2)cc1CN(C(=O)c1sc2c(F)ccc(F)c2c1Cl)C1CCC(N(CC(C)(C)C)C(=O)O)CC1. The predicted molar refractivity (Wildman–Crippen MR) is 171 cm³/mol. The van der Waals surface area contributed by atoms with E-state index in [9.17, 15) is 23.5 Å². The van der Waals surface area contributed by atoms with Crippen LogP contribution in [0.4, 0.5) is 13.6 Å². The summed E-state index contributed by atoms with van der Waals surface area (Å²) < 4.78 is 35.1. The van der Waals surface area contributed by atoms with Gasteiger partial charge in [0.25, 0.3) is 5.91 Å². The Morgan fingerprint density at radius 2 is 1.71 bits per heavy atom. The first-order valence-corrected chi connectivity index (χ1v) is 15.9. The largest absolute Gasteiger partial charge is 0.496 e. The number of methoxy groups -OCH3 is 1. The van der Waals surface area contributed by atoms with E-state index in [-0.39, 0.29) is 44.0 Å². The Balaban J connectivity index is 1.52. The molecule has 1 aliphatic rings. The van der Waals surface area contributed by atoms with Crippen LogP contribution < -0.4 is 4.74 Å². The second kappa shape index (κ2) is 13.3. The van der Waals surface area contributed by atoms with Gasteiger partial charge < -0.3 is 19.6 Å². The number of nitrogens with zero attached hydrogens (tertiary/aromatic N) is 4. The molecule has 2 aromatic carbocycles. The Kier molecular flexibility index (Phi) is 9.60. The van der Waals surface area contributed by atoms with E-state index in [0.717, 1.165) is 29.0 Å². The third kappa shape index (κ3) is 7.04. The zero-order valence-corrected chi connectivity index (χ0v) is 27.1. The molecule has 1 fully saturated rings. The van der Waals surface area contributed by atoms with Crippen LogP contribution in [0, 0.1) is 17.0 Å². The van der Waals surface area contributed by atoms with Gasteiger partial charge in [0.15, 0.2) is 0 Å². The molecule has 1 aliphatic carbocycles. The molecule has 0 bridgehead atoms. The number of thiophene rings is 1. The highest BCUT2D eigenvalue weighted by Gasteiger charge is 2.36. The second-order valence-corrected chi connectivity index (χ2v) is 13.9. The molecule has 1 saturated carbocycles. The fraction of sp³-hybridized carbons (Fsp3) is 0.394. The van der Waals surface area contributed by atoms with Gasteiger partial charge >= 0.3 is 6.09 Å². The lowest BCUT2D eigenvalue weighted by Gasteiger charge is -2.41. The van der Waals surface area contributed by atoms with Crippen LogP contribution >= 0.6 is 22.9 Å². The van der Waals surface area contributed by atoms with Crippen molar-refractivity contribution in [1.29, 1.82) is 0 Å². The summed E-state index contributed by atoms with van der Waals surface area (Å²) in [6.45, 7) is 6.50. The maximum absolute atomic E-state index is 14.8. The van der Waals surface area contributed by atoms with Gasteiger partial charge in [-0.05, 0) is 61.4 Å². The van der Waals surface area contributed by atoms with Crippen molar-refractivity contribution in [3.8, 4) is 17.0 Å². The summed E-state index contributed by atoms with van der Waals surface area (Å²) >= 11 is 7.41.